The van der Waals surface area contributed by atoms with E-state index in [1.165, 1.54) is 6.07 Å². The fourth-order valence-electron chi connectivity index (χ4n) is 2.28. The molecule has 0 aromatic heterocycles. The van der Waals surface area contributed by atoms with Gasteiger partial charge >= 0.3 is 6.18 Å². The maximum absolute atomic E-state index is 12.6. The summed E-state index contributed by atoms with van der Waals surface area (Å²) in [6, 6.07) is 3.95. The highest BCUT2D eigenvalue weighted by Crippen LogP contribution is 2.29. The van der Waals surface area contributed by atoms with Gasteiger partial charge < -0.3 is 10.4 Å². The van der Waals surface area contributed by atoms with Crippen LogP contribution in [0.5, 0.6) is 0 Å². The summed E-state index contributed by atoms with van der Waals surface area (Å²) < 4.78 is 60.5. The number of halogens is 3. The van der Waals surface area contributed by atoms with Crippen molar-refractivity contribution < 1.29 is 31.5 Å². The van der Waals surface area contributed by atoms with E-state index in [0.29, 0.717) is 0 Å². The van der Waals surface area contributed by atoms with Gasteiger partial charge in [-0.15, -0.1) is 0 Å². The molecule has 9 heteroatoms. The number of alkyl halides is 3. The molecule has 1 aromatic carbocycles. The molecule has 5 nitrogen and oxygen atoms in total. The van der Waals surface area contributed by atoms with Crippen molar-refractivity contribution in [2.75, 3.05) is 18.1 Å². The molecule has 128 valence electrons. The molecule has 1 saturated heterocycles. The molecule has 0 unspecified atom stereocenters. The molecule has 2 N–H and O–H groups in total. The van der Waals surface area contributed by atoms with E-state index in [0.717, 1.165) is 18.2 Å². The van der Waals surface area contributed by atoms with Gasteiger partial charge in [-0.25, -0.2) is 8.42 Å². The lowest BCUT2D eigenvalue weighted by molar-refractivity contribution is -0.137. The van der Waals surface area contributed by atoms with E-state index in [-0.39, 0.29) is 36.5 Å². The molecule has 1 heterocycles. The third kappa shape index (κ3) is 4.68. The van der Waals surface area contributed by atoms with E-state index < -0.39 is 33.1 Å². The van der Waals surface area contributed by atoms with E-state index in [9.17, 15) is 31.5 Å². The first-order chi connectivity index (χ1) is 10.5. The monoisotopic (exact) mass is 351 g/mol. The second-order valence-electron chi connectivity index (χ2n) is 5.64. The topological polar surface area (TPSA) is 83.5 Å². The van der Waals surface area contributed by atoms with Gasteiger partial charge in [0, 0.05) is 12.1 Å². The standard InChI is InChI=1S/C14H16F3NO4S/c15-14(16,17)11-3-1-2-10(8-11)12(19)18-9-13(20)4-6-23(21,22)7-5-13/h1-3,8,20H,4-7,9H2,(H,18,19). The largest absolute Gasteiger partial charge is 0.416 e. The normalized spacial score (nSPS) is 20.0. The van der Waals surface area contributed by atoms with Crippen molar-refractivity contribution in [2.24, 2.45) is 0 Å². The molecular weight excluding hydrogens is 335 g/mol. The van der Waals surface area contributed by atoms with Crippen LogP contribution in [0.3, 0.4) is 0 Å². The molecule has 1 amide bonds. The Labute approximate surface area is 131 Å². The van der Waals surface area contributed by atoms with Gasteiger partial charge in [-0.2, -0.15) is 13.2 Å². The molecule has 0 aliphatic carbocycles. The van der Waals surface area contributed by atoms with Gasteiger partial charge in [0.1, 0.15) is 0 Å². The first-order valence-electron chi connectivity index (χ1n) is 6.89. The van der Waals surface area contributed by atoms with Crippen LogP contribution in [0, 0.1) is 0 Å². The Balaban J connectivity index is 2.00. The van der Waals surface area contributed by atoms with Crippen molar-refractivity contribution in [1.29, 1.82) is 0 Å². The summed E-state index contributed by atoms with van der Waals surface area (Å²) in [6.07, 6.45) is -4.58. The maximum Gasteiger partial charge on any atom is 0.416 e. The lowest BCUT2D eigenvalue weighted by Gasteiger charge is -2.31. The predicted molar refractivity (Wildman–Crippen MR) is 76.6 cm³/mol. The minimum absolute atomic E-state index is 0.0157. The number of rotatable bonds is 3. The summed E-state index contributed by atoms with van der Waals surface area (Å²) in [5, 5.41) is 12.6. The molecule has 0 bridgehead atoms. The Kier molecular flexibility index (Phi) is 4.72. The van der Waals surface area contributed by atoms with Gasteiger partial charge in [0.2, 0.25) is 0 Å². The highest BCUT2D eigenvalue weighted by Gasteiger charge is 2.36. The number of hydrogen-bond donors (Lipinski definition) is 2. The van der Waals surface area contributed by atoms with Gasteiger partial charge in [-0.05, 0) is 31.0 Å². The van der Waals surface area contributed by atoms with E-state index in [1.807, 2.05) is 0 Å². The van der Waals surface area contributed by atoms with Gasteiger partial charge in [0.25, 0.3) is 5.91 Å². The van der Waals surface area contributed by atoms with Crippen LogP contribution in [-0.2, 0) is 16.0 Å². The Hall–Kier alpha value is -1.61. The van der Waals surface area contributed by atoms with Crippen LogP contribution in [0.4, 0.5) is 13.2 Å². The van der Waals surface area contributed by atoms with Gasteiger partial charge in [-0.1, -0.05) is 6.07 Å². The zero-order valence-electron chi connectivity index (χ0n) is 12.1. The number of benzene rings is 1. The summed E-state index contributed by atoms with van der Waals surface area (Å²) >= 11 is 0. The first kappa shape index (κ1) is 17.7. The third-order valence-corrected chi connectivity index (χ3v) is 5.44. The summed E-state index contributed by atoms with van der Waals surface area (Å²) in [7, 11) is -3.16. The van der Waals surface area contributed by atoms with Crippen LogP contribution in [-0.4, -0.2) is 43.1 Å². The molecule has 23 heavy (non-hydrogen) atoms. The minimum atomic E-state index is -4.55. The summed E-state index contributed by atoms with van der Waals surface area (Å²) in [6.45, 7) is -0.211. The number of carbonyl (C=O) groups excluding carboxylic acids is 1. The Bertz CT molecular complexity index is 686. The fraction of sp³-hybridized carbons (Fsp3) is 0.500. The van der Waals surface area contributed by atoms with Crippen molar-refractivity contribution in [3.8, 4) is 0 Å². The van der Waals surface area contributed by atoms with Gasteiger partial charge in [-0.3, -0.25) is 4.79 Å². The second kappa shape index (κ2) is 6.12. The van der Waals surface area contributed by atoms with Crippen LogP contribution < -0.4 is 5.32 Å². The molecule has 2 rings (SSSR count). The zero-order chi connectivity index (χ0) is 17.3. The molecule has 0 spiro atoms. The molecule has 1 aliphatic rings. The van der Waals surface area contributed by atoms with Gasteiger partial charge in [0.15, 0.2) is 9.84 Å². The van der Waals surface area contributed by atoms with Crippen LogP contribution in [0.25, 0.3) is 0 Å². The highest BCUT2D eigenvalue weighted by atomic mass is 32.2. The maximum atomic E-state index is 12.6. The summed E-state index contributed by atoms with van der Waals surface area (Å²) in [5.41, 5.74) is -2.47. The number of amides is 1. The first-order valence-corrected chi connectivity index (χ1v) is 8.71. The van der Waals surface area contributed by atoms with Crippen LogP contribution in [0.2, 0.25) is 0 Å². The van der Waals surface area contributed by atoms with E-state index >= 15 is 0 Å². The lowest BCUT2D eigenvalue weighted by atomic mass is 9.96. The summed E-state index contributed by atoms with van der Waals surface area (Å²) in [5.74, 6) is -1.11. The van der Waals surface area contributed by atoms with Crippen molar-refractivity contribution >= 4 is 15.7 Å². The Morgan fingerprint density at radius 2 is 1.87 bits per heavy atom. The molecule has 1 aromatic rings. The lowest BCUT2D eigenvalue weighted by Crippen LogP contribution is -2.48. The number of hydrogen-bond acceptors (Lipinski definition) is 4. The highest BCUT2D eigenvalue weighted by molar-refractivity contribution is 7.91. The van der Waals surface area contributed by atoms with Crippen molar-refractivity contribution in [1.82, 2.24) is 5.32 Å². The van der Waals surface area contributed by atoms with Crippen LogP contribution in [0.15, 0.2) is 24.3 Å². The van der Waals surface area contributed by atoms with Crippen LogP contribution in [0.1, 0.15) is 28.8 Å². The smallest absolute Gasteiger partial charge is 0.388 e. The summed E-state index contributed by atoms with van der Waals surface area (Å²) in [4.78, 5) is 11.9. The van der Waals surface area contributed by atoms with Crippen molar-refractivity contribution in [3.05, 3.63) is 35.4 Å². The van der Waals surface area contributed by atoms with Crippen molar-refractivity contribution in [2.45, 2.75) is 24.6 Å². The number of carbonyl (C=O) groups is 1. The van der Waals surface area contributed by atoms with Gasteiger partial charge in [0.05, 0.1) is 22.7 Å². The van der Waals surface area contributed by atoms with E-state index in [2.05, 4.69) is 5.32 Å². The number of sulfone groups is 1. The predicted octanol–water partition coefficient (Wildman–Crippen LogP) is 1.37. The Morgan fingerprint density at radius 1 is 1.26 bits per heavy atom. The second-order valence-corrected chi connectivity index (χ2v) is 7.94. The molecule has 1 fully saturated rings. The molecular formula is C14H16F3NO4S. The molecule has 0 radical (unpaired) electrons. The Morgan fingerprint density at radius 3 is 2.43 bits per heavy atom. The van der Waals surface area contributed by atoms with E-state index in [1.54, 1.807) is 0 Å². The van der Waals surface area contributed by atoms with Crippen LogP contribution >= 0.6 is 0 Å². The SMILES string of the molecule is O=C(NCC1(O)CCS(=O)(=O)CC1)c1cccc(C(F)(F)F)c1. The van der Waals surface area contributed by atoms with E-state index in [4.69, 9.17) is 0 Å². The number of nitrogens with one attached hydrogen (secondary N) is 1. The quantitative estimate of drug-likeness (QED) is 0.862. The van der Waals surface area contributed by atoms with Crippen molar-refractivity contribution in [3.63, 3.8) is 0 Å². The minimum Gasteiger partial charge on any atom is -0.388 e. The average Bonchev–Trinajstić information content (AvgIpc) is 2.48. The number of aliphatic hydroxyl groups is 1. The molecule has 0 atom stereocenters. The molecule has 0 saturated carbocycles. The zero-order valence-corrected chi connectivity index (χ0v) is 12.9. The fourth-order valence-corrected chi connectivity index (χ4v) is 3.86. The average molecular weight is 351 g/mol. The molecule has 1 aliphatic heterocycles. The third-order valence-electron chi connectivity index (χ3n) is 3.79.